The minimum Gasteiger partial charge on any atom is -0.477 e. The highest BCUT2D eigenvalue weighted by Gasteiger charge is 2.56. The summed E-state index contributed by atoms with van der Waals surface area (Å²) in [6.45, 7) is 4.23. The summed E-state index contributed by atoms with van der Waals surface area (Å²) < 4.78 is 5.33. The Morgan fingerprint density at radius 3 is 2.75 bits per heavy atom. The number of methoxy groups -OCH3 is 1. The van der Waals surface area contributed by atoms with Gasteiger partial charge in [-0.05, 0) is 37.8 Å². The second-order valence-corrected chi connectivity index (χ2v) is 6.84. The molecule has 3 heterocycles. The van der Waals surface area contributed by atoms with Crippen LogP contribution < -0.4 is 5.32 Å². The first-order valence-corrected chi connectivity index (χ1v) is 8.27. The van der Waals surface area contributed by atoms with E-state index in [-0.39, 0.29) is 29.8 Å². The van der Waals surface area contributed by atoms with Crippen LogP contribution in [0.4, 0.5) is 0 Å². The maximum atomic E-state index is 12.2. The molecule has 0 aromatic carbocycles. The van der Waals surface area contributed by atoms with Crippen molar-refractivity contribution in [3.63, 3.8) is 0 Å². The Balaban J connectivity index is 1.84. The second kappa shape index (κ2) is 6.31. The number of hydrogen-bond acceptors (Lipinski definition) is 5. The Morgan fingerprint density at radius 1 is 1.50 bits per heavy atom. The van der Waals surface area contributed by atoms with Gasteiger partial charge in [-0.2, -0.15) is 0 Å². The number of carboxylic acid groups (broad SMARTS) is 1. The Kier molecular flexibility index (Phi) is 4.50. The molecule has 0 aliphatic carbocycles. The number of aliphatic carboxylic acids is 1. The normalized spacial score (nSPS) is 34.4. The van der Waals surface area contributed by atoms with E-state index in [0.29, 0.717) is 12.0 Å². The van der Waals surface area contributed by atoms with E-state index < -0.39 is 18.0 Å². The Bertz CT molecular complexity index is 624. The first-order valence-electron chi connectivity index (χ1n) is 8.27. The summed E-state index contributed by atoms with van der Waals surface area (Å²) in [5.41, 5.74) is 1.62. The van der Waals surface area contributed by atoms with Crippen molar-refractivity contribution in [1.82, 2.24) is 10.2 Å². The monoisotopic (exact) mass is 336 g/mol. The summed E-state index contributed by atoms with van der Waals surface area (Å²) in [7, 11) is 1.68. The number of amides is 1. The topological polar surface area (TPSA) is 99.1 Å². The van der Waals surface area contributed by atoms with Gasteiger partial charge in [-0.1, -0.05) is 6.08 Å². The van der Waals surface area contributed by atoms with Gasteiger partial charge in [-0.3, -0.25) is 4.79 Å². The van der Waals surface area contributed by atoms with Gasteiger partial charge in [0.1, 0.15) is 5.70 Å². The van der Waals surface area contributed by atoms with Crippen LogP contribution in [0.25, 0.3) is 0 Å². The molecule has 0 spiro atoms. The number of aliphatic hydroxyl groups is 1. The number of allylic oxidation sites excluding steroid dienone is 1. The molecule has 132 valence electrons. The van der Waals surface area contributed by atoms with Crippen LogP contribution in [0, 0.1) is 5.92 Å². The SMILES string of the molecule is CO[C@@H]1CN[C@H](/C=C(\C)C2=C(C(=O)O)N3C(=O)[C@H]([C@@H](C)O)[C@H]3C2)C1. The number of nitrogens with one attached hydrogen (secondary N) is 1. The lowest BCUT2D eigenvalue weighted by Crippen LogP contribution is -2.61. The maximum absolute atomic E-state index is 12.2. The number of carboxylic acids is 1. The summed E-state index contributed by atoms with van der Waals surface area (Å²) in [5, 5.41) is 22.7. The average Bonchev–Trinajstić information content (AvgIpc) is 3.08. The van der Waals surface area contributed by atoms with Crippen LogP contribution in [-0.2, 0) is 14.3 Å². The van der Waals surface area contributed by atoms with E-state index in [9.17, 15) is 19.8 Å². The number of carbonyl (C=O) groups excluding carboxylic acids is 1. The van der Waals surface area contributed by atoms with E-state index in [1.807, 2.05) is 13.0 Å². The van der Waals surface area contributed by atoms with E-state index in [1.165, 1.54) is 4.90 Å². The predicted molar refractivity (Wildman–Crippen MR) is 86.0 cm³/mol. The van der Waals surface area contributed by atoms with E-state index in [0.717, 1.165) is 18.5 Å². The number of aliphatic hydroxyl groups excluding tert-OH is 1. The molecule has 0 unspecified atom stereocenters. The largest absolute Gasteiger partial charge is 0.477 e. The van der Waals surface area contributed by atoms with Gasteiger partial charge in [0.25, 0.3) is 0 Å². The number of carbonyl (C=O) groups is 2. The molecule has 2 fully saturated rings. The first-order chi connectivity index (χ1) is 11.3. The molecule has 24 heavy (non-hydrogen) atoms. The van der Waals surface area contributed by atoms with Crippen molar-refractivity contribution < 1.29 is 24.5 Å². The number of rotatable bonds is 5. The van der Waals surface area contributed by atoms with Gasteiger partial charge in [0.2, 0.25) is 5.91 Å². The molecule has 0 aromatic rings. The molecule has 0 aromatic heterocycles. The highest BCUT2D eigenvalue weighted by atomic mass is 16.5. The van der Waals surface area contributed by atoms with E-state index in [1.54, 1.807) is 14.0 Å². The average molecular weight is 336 g/mol. The van der Waals surface area contributed by atoms with Crippen LogP contribution in [0.1, 0.15) is 26.7 Å². The zero-order valence-electron chi connectivity index (χ0n) is 14.2. The molecule has 0 bridgehead atoms. The highest BCUT2D eigenvalue weighted by molar-refractivity contribution is 6.00. The first kappa shape index (κ1) is 17.1. The zero-order chi connectivity index (χ0) is 17.6. The molecule has 0 radical (unpaired) electrons. The fourth-order valence-electron chi connectivity index (χ4n) is 4.06. The molecular weight excluding hydrogens is 312 g/mol. The predicted octanol–water partition coefficient (Wildman–Crippen LogP) is 0.260. The molecular formula is C17H24N2O5. The van der Waals surface area contributed by atoms with E-state index in [2.05, 4.69) is 5.32 Å². The number of nitrogens with zero attached hydrogens (tertiary/aromatic N) is 1. The third-order valence-electron chi connectivity index (χ3n) is 5.32. The number of β-lactam (4-membered cyclic amide) rings is 1. The van der Waals surface area contributed by atoms with E-state index in [4.69, 9.17) is 4.74 Å². The van der Waals surface area contributed by atoms with Gasteiger partial charge in [-0.25, -0.2) is 4.79 Å². The lowest BCUT2D eigenvalue weighted by Gasteiger charge is -2.44. The van der Waals surface area contributed by atoms with Crippen LogP contribution in [-0.4, -0.2) is 64.9 Å². The van der Waals surface area contributed by atoms with Gasteiger partial charge in [-0.15, -0.1) is 0 Å². The molecule has 3 aliphatic heterocycles. The molecule has 5 atom stereocenters. The molecule has 7 nitrogen and oxygen atoms in total. The molecule has 7 heteroatoms. The Labute approximate surface area is 141 Å². The molecule has 1 amide bonds. The lowest BCUT2D eigenvalue weighted by atomic mass is 9.82. The Hall–Kier alpha value is -1.70. The third-order valence-corrected chi connectivity index (χ3v) is 5.32. The Morgan fingerprint density at radius 2 is 2.21 bits per heavy atom. The lowest BCUT2D eigenvalue weighted by molar-refractivity contribution is -0.161. The minimum absolute atomic E-state index is 0.0666. The highest BCUT2D eigenvalue weighted by Crippen LogP contribution is 2.45. The smallest absolute Gasteiger partial charge is 0.352 e. The van der Waals surface area contributed by atoms with Crippen molar-refractivity contribution in [2.45, 2.75) is 51.0 Å². The fourth-order valence-corrected chi connectivity index (χ4v) is 4.06. The molecule has 3 aliphatic rings. The van der Waals surface area contributed by atoms with Crippen molar-refractivity contribution in [1.29, 1.82) is 0 Å². The number of fused-ring (bicyclic) bond motifs is 1. The van der Waals surface area contributed by atoms with Crippen LogP contribution in [0.3, 0.4) is 0 Å². The van der Waals surface area contributed by atoms with Crippen LogP contribution in [0.2, 0.25) is 0 Å². The summed E-state index contributed by atoms with van der Waals surface area (Å²) in [6.07, 6.45) is 2.73. The van der Waals surface area contributed by atoms with Gasteiger partial charge < -0.3 is 25.2 Å². The molecule has 3 N–H and O–H groups in total. The second-order valence-electron chi connectivity index (χ2n) is 6.84. The van der Waals surface area contributed by atoms with Gasteiger partial charge in [0, 0.05) is 19.7 Å². The van der Waals surface area contributed by atoms with Gasteiger partial charge >= 0.3 is 5.97 Å². The fraction of sp³-hybridized carbons (Fsp3) is 0.647. The molecule has 2 saturated heterocycles. The molecule has 0 saturated carbocycles. The minimum atomic E-state index is -1.09. The third kappa shape index (κ3) is 2.66. The van der Waals surface area contributed by atoms with Crippen molar-refractivity contribution in [3.05, 3.63) is 22.9 Å². The van der Waals surface area contributed by atoms with Crippen LogP contribution in [0.15, 0.2) is 22.9 Å². The van der Waals surface area contributed by atoms with Crippen molar-refractivity contribution in [2.75, 3.05) is 13.7 Å². The van der Waals surface area contributed by atoms with Gasteiger partial charge in [0.05, 0.1) is 24.2 Å². The summed E-state index contributed by atoms with van der Waals surface area (Å²) >= 11 is 0. The zero-order valence-corrected chi connectivity index (χ0v) is 14.2. The number of ether oxygens (including phenoxy) is 1. The van der Waals surface area contributed by atoms with Crippen molar-refractivity contribution in [2.24, 2.45) is 5.92 Å². The maximum Gasteiger partial charge on any atom is 0.352 e. The molecule has 3 rings (SSSR count). The number of hydrogen-bond donors (Lipinski definition) is 3. The van der Waals surface area contributed by atoms with Crippen LogP contribution in [0.5, 0.6) is 0 Å². The van der Waals surface area contributed by atoms with E-state index >= 15 is 0 Å². The summed E-state index contributed by atoms with van der Waals surface area (Å²) in [5.74, 6) is -1.90. The van der Waals surface area contributed by atoms with Gasteiger partial charge in [0.15, 0.2) is 0 Å². The van der Waals surface area contributed by atoms with Crippen LogP contribution >= 0.6 is 0 Å². The quantitative estimate of drug-likeness (QED) is 0.623. The summed E-state index contributed by atoms with van der Waals surface area (Å²) in [4.78, 5) is 25.2. The van der Waals surface area contributed by atoms with Crippen molar-refractivity contribution >= 4 is 11.9 Å². The van der Waals surface area contributed by atoms with Crippen molar-refractivity contribution in [3.8, 4) is 0 Å². The standard InChI is InChI=1S/C17H24N2O5/c1-8(4-10-5-11(24-3)7-18-10)12-6-13-14(9(2)20)16(21)19(13)15(12)17(22)23/h4,9-11,13-14,18,20H,5-7H2,1-3H3,(H,22,23)/b8-4+/t9-,10-,11+,13-,14-/m1/s1. The summed E-state index contributed by atoms with van der Waals surface area (Å²) in [6, 6.07) is -0.112.